The lowest BCUT2D eigenvalue weighted by molar-refractivity contribution is -0.384. The summed E-state index contributed by atoms with van der Waals surface area (Å²) < 4.78 is 0. The summed E-state index contributed by atoms with van der Waals surface area (Å²) in [6, 6.07) is 7.93. The molecule has 0 bridgehead atoms. The minimum absolute atomic E-state index is 0.0229. The molecule has 1 aromatic carbocycles. The maximum atomic E-state index is 11.5. The molecule has 0 aliphatic rings. The van der Waals surface area contributed by atoms with Gasteiger partial charge >= 0.3 is 0 Å². The van der Waals surface area contributed by atoms with Crippen molar-refractivity contribution in [2.24, 2.45) is 0 Å². The predicted molar refractivity (Wildman–Crippen MR) is 65.5 cm³/mol. The zero-order valence-corrected chi connectivity index (χ0v) is 9.71. The van der Waals surface area contributed by atoms with Gasteiger partial charge in [-0.3, -0.25) is 14.9 Å². The van der Waals surface area contributed by atoms with Gasteiger partial charge in [-0.05, 0) is 18.6 Å². The molecule has 0 radical (unpaired) electrons. The van der Waals surface area contributed by atoms with E-state index in [1.54, 1.807) is 25.1 Å². The summed E-state index contributed by atoms with van der Waals surface area (Å²) >= 11 is 0. The molecule has 1 N–H and O–H groups in total. The average Bonchev–Trinajstić information content (AvgIpc) is 2.34. The zero-order valence-electron chi connectivity index (χ0n) is 9.71. The first-order valence-electron chi connectivity index (χ1n) is 5.35. The molecule has 6 heteroatoms. The Labute approximate surface area is 102 Å². The van der Waals surface area contributed by atoms with E-state index in [1.165, 1.54) is 12.1 Å². The number of H-pyrrole nitrogens is 1. The van der Waals surface area contributed by atoms with Crippen molar-refractivity contribution in [1.82, 2.24) is 10.2 Å². The van der Waals surface area contributed by atoms with E-state index in [4.69, 9.17) is 0 Å². The Morgan fingerprint density at radius 2 is 2.17 bits per heavy atom. The predicted octanol–water partition coefficient (Wildman–Crippen LogP) is 1.58. The van der Waals surface area contributed by atoms with Gasteiger partial charge in [0.25, 0.3) is 11.2 Å². The Hall–Kier alpha value is -2.50. The lowest BCUT2D eigenvalue weighted by Crippen LogP contribution is -2.15. The van der Waals surface area contributed by atoms with Crippen LogP contribution in [0.3, 0.4) is 0 Å². The zero-order chi connectivity index (χ0) is 13.1. The van der Waals surface area contributed by atoms with Crippen molar-refractivity contribution in [1.29, 1.82) is 0 Å². The molecule has 0 atom stereocenters. The fourth-order valence-electron chi connectivity index (χ4n) is 1.69. The van der Waals surface area contributed by atoms with E-state index in [9.17, 15) is 14.9 Å². The second-order valence-corrected chi connectivity index (χ2v) is 3.97. The first kappa shape index (κ1) is 12.0. The van der Waals surface area contributed by atoms with Gasteiger partial charge in [0.2, 0.25) is 0 Å². The number of aryl methyl sites for hydroxylation is 1. The van der Waals surface area contributed by atoms with Crippen molar-refractivity contribution in [3.63, 3.8) is 0 Å². The van der Waals surface area contributed by atoms with Gasteiger partial charge in [-0.25, -0.2) is 5.10 Å². The van der Waals surface area contributed by atoms with E-state index >= 15 is 0 Å². The summed E-state index contributed by atoms with van der Waals surface area (Å²) in [5.41, 5.74) is 1.72. The molecule has 0 amide bonds. The Morgan fingerprint density at radius 1 is 1.39 bits per heavy atom. The minimum Gasteiger partial charge on any atom is -0.268 e. The monoisotopic (exact) mass is 245 g/mol. The standard InChI is InChI=1S/C12H11N3O3/c1-8-5-10(12(16)14-13-8)6-9-3-2-4-11(7-9)15(17)18/h2-5,7H,6H2,1H3,(H,14,16). The number of non-ortho nitro benzene ring substituents is 1. The third-order valence-corrected chi connectivity index (χ3v) is 2.52. The van der Waals surface area contributed by atoms with Crippen LogP contribution in [0.25, 0.3) is 0 Å². The molecule has 0 saturated heterocycles. The SMILES string of the molecule is Cc1cc(Cc2cccc([N+](=O)[O-])c2)c(=O)[nH]n1. The molecule has 0 unspecified atom stereocenters. The maximum Gasteiger partial charge on any atom is 0.269 e. The van der Waals surface area contributed by atoms with E-state index in [-0.39, 0.29) is 11.2 Å². The van der Waals surface area contributed by atoms with Crippen LogP contribution in [0.5, 0.6) is 0 Å². The van der Waals surface area contributed by atoms with Crippen LogP contribution in [0.15, 0.2) is 35.1 Å². The Kier molecular flexibility index (Phi) is 3.18. The molecule has 2 aromatic rings. The summed E-state index contributed by atoms with van der Waals surface area (Å²) in [5, 5.41) is 16.8. The van der Waals surface area contributed by atoms with E-state index < -0.39 is 4.92 Å². The highest BCUT2D eigenvalue weighted by molar-refractivity contribution is 5.36. The number of nitro benzene ring substituents is 1. The molecule has 0 aliphatic heterocycles. The van der Waals surface area contributed by atoms with Crippen LogP contribution in [0, 0.1) is 17.0 Å². The summed E-state index contributed by atoms with van der Waals surface area (Å²) in [6.45, 7) is 1.77. The number of hydrogen-bond donors (Lipinski definition) is 1. The van der Waals surface area contributed by atoms with Gasteiger partial charge in [0, 0.05) is 24.1 Å². The summed E-state index contributed by atoms with van der Waals surface area (Å²) in [4.78, 5) is 21.7. The van der Waals surface area contributed by atoms with Gasteiger partial charge in [-0.15, -0.1) is 0 Å². The highest BCUT2D eigenvalue weighted by Gasteiger charge is 2.08. The molecule has 0 spiro atoms. The van der Waals surface area contributed by atoms with Crippen LogP contribution in [-0.4, -0.2) is 15.1 Å². The van der Waals surface area contributed by atoms with Crippen molar-refractivity contribution >= 4 is 5.69 Å². The number of aromatic amines is 1. The number of nitrogens with one attached hydrogen (secondary N) is 1. The van der Waals surface area contributed by atoms with Crippen molar-refractivity contribution in [3.05, 3.63) is 67.6 Å². The normalized spacial score (nSPS) is 10.3. The fraction of sp³-hybridized carbons (Fsp3) is 0.167. The average molecular weight is 245 g/mol. The van der Waals surface area contributed by atoms with Crippen molar-refractivity contribution in [3.8, 4) is 0 Å². The van der Waals surface area contributed by atoms with Gasteiger partial charge in [0.15, 0.2) is 0 Å². The smallest absolute Gasteiger partial charge is 0.268 e. The van der Waals surface area contributed by atoms with Crippen molar-refractivity contribution < 1.29 is 4.92 Å². The molecule has 0 fully saturated rings. The van der Waals surface area contributed by atoms with Crippen LogP contribution in [0.1, 0.15) is 16.8 Å². The minimum atomic E-state index is -0.453. The lowest BCUT2D eigenvalue weighted by atomic mass is 10.1. The largest absolute Gasteiger partial charge is 0.269 e. The number of nitro groups is 1. The van der Waals surface area contributed by atoms with E-state index in [2.05, 4.69) is 10.2 Å². The molecule has 0 saturated carbocycles. The molecule has 0 aliphatic carbocycles. The molecular formula is C12H11N3O3. The van der Waals surface area contributed by atoms with Gasteiger partial charge in [0.05, 0.1) is 10.6 Å². The topological polar surface area (TPSA) is 88.9 Å². The third-order valence-electron chi connectivity index (χ3n) is 2.52. The Bertz CT molecular complexity index is 649. The first-order valence-corrected chi connectivity index (χ1v) is 5.35. The molecule has 6 nitrogen and oxygen atoms in total. The van der Waals surface area contributed by atoms with Crippen LogP contribution in [-0.2, 0) is 6.42 Å². The van der Waals surface area contributed by atoms with Gasteiger partial charge in [0.1, 0.15) is 0 Å². The van der Waals surface area contributed by atoms with E-state index in [0.29, 0.717) is 17.7 Å². The fourth-order valence-corrected chi connectivity index (χ4v) is 1.69. The number of hydrogen-bond acceptors (Lipinski definition) is 4. The summed E-state index contributed by atoms with van der Waals surface area (Å²) in [5.74, 6) is 0. The molecular weight excluding hydrogens is 234 g/mol. The second-order valence-electron chi connectivity index (χ2n) is 3.97. The van der Waals surface area contributed by atoms with Crippen LogP contribution < -0.4 is 5.56 Å². The van der Waals surface area contributed by atoms with Crippen LogP contribution >= 0.6 is 0 Å². The quantitative estimate of drug-likeness (QED) is 0.656. The summed E-state index contributed by atoms with van der Waals surface area (Å²) in [7, 11) is 0. The van der Waals surface area contributed by atoms with E-state index in [1.807, 2.05) is 0 Å². The van der Waals surface area contributed by atoms with E-state index in [0.717, 1.165) is 5.56 Å². The van der Waals surface area contributed by atoms with Gasteiger partial charge in [-0.2, -0.15) is 5.10 Å². The van der Waals surface area contributed by atoms with Crippen LogP contribution in [0.4, 0.5) is 5.69 Å². The number of benzene rings is 1. The van der Waals surface area contributed by atoms with Gasteiger partial charge in [-0.1, -0.05) is 12.1 Å². The Morgan fingerprint density at radius 3 is 2.89 bits per heavy atom. The Balaban J connectivity index is 2.34. The lowest BCUT2D eigenvalue weighted by Gasteiger charge is -2.01. The number of rotatable bonds is 3. The van der Waals surface area contributed by atoms with Crippen molar-refractivity contribution in [2.75, 3.05) is 0 Å². The molecule has 1 aromatic heterocycles. The first-order chi connectivity index (χ1) is 8.56. The molecule has 1 heterocycles. The second kappa shape index (κ2) is 4.79. The molecule has 18 heavy (non-hydrogen) atoms. The third kappa shape index (κ3) is 2.60. The highest BCUT2D eigenvalue weighted by Crippen LogP contribution is 2.15. The van der Waals surface area contributed by atoms with Gasteiger partial charge < -0.3 is 0 Å². The maximum absolute atomic E-state index is 11.5. The highest BCUT2D eigenvalue weighted by atomic mass is 16.6. The van der Waals surface area contributed by atoms with Crippen molar-refractivity contribution in [2.45, 2.75) is 13.3 Å². The summed E-state index contributed by atoms with van der Waals surface area (Å²) in [6.07, 6.45) is 0.348. The number of aromatic nitrogens is 2. The van der Waals surface area contributed by atoms with Crippen LogP contribution in [0.2, 0.25) is 0 Å². The molecule has 2 rings (SSSR count). The number of nitrogens with zero attached hydrogens (tertiary/aromatic N) is 2. The molecule has 92 valence electrons.